The van der Waals surface area contributed by atoms with Crippen molar-refractivity contribution in [3.8, 4) is 5.69 Å². The minimum Gasteiger partial charge on any atom is -0.464 e. The molecule has 0 radical (unpaired) electrons. The third-order valence-electron chi connectivity index (χ3n) is 2.21. The van der Waals surface area contributed by atoms with E-state index in [0.29, 0.717) is 16.5 Å². The number of hydrogen-bond acceptors (Lipinski definition) is 4. The fourth-order valence-electron chi connectivity index (χ4n) is 1.42. The van der Waals surface area contributed by atoms with Gasteiger partial charge in [0, 0.05) is 6.07 Å². The molecule has 0 aliphatic rings. The molecule has 0 aliphatic heterocycles. The number of nitrogens with zero attached hydrogens (tertiary/aromatic N) is 2. The van der Waals surface area contributed by atoms with Crippen LogP contribution in [0.4, 0.5) is 5.82 Å². The second kappa shape index (κ2) is 4.47. The number of aromatic nitrogens is 2. The van der Waals surface area contributed by atoms with Gasteiger partial charge in [0.1, 0.15) is 5.82 Å². The van der Waals surface area contributed by atoms with Gasteiger partial charge in [-0.15, -0.1) is 0 Å². The SMILES string of the molecule is COC(=O)c1cc(N)n(-c2ccccc2Cl)n1. The number of carbonyl (C=O) groups excluding carboxylic acids is 1. The Morgan fingerprint density at radius 3 is 2.82 bits per heavy atom. The normalized spacial score (nSPS) is 10.2. The number of hydrogen-bond donors (Lipinski definition) is 1. The number of nitrogens with two attached hydrogens (primary N) is 1. The Hall–Kier alpha value is -2.01. The minimum absolute atomic E-state index is 0.143. The highest BCUT2D eigenvalue weighted by Gasteiger charge is 2.15. The van der Waals surface area contributed by atoms with Gasteiger partial charge in [-0.05, 0) is 12.1 Å². The number of halogens is 1. The highest BCUT2D eigenvalue weighted by Crippen LogP contribution is 2.22. The summed E-state index contributed by atoms with van der Waals surface area (Å²) >= 11 is 6.02. The first-order valence-corrected chi connectivity index (χ1v) is 5.20. The van der Waals surface area contributed by atoms with Gasteiger partial charge in [-0.25, -0.2) is 9.48 Å². The van der Waals surface area contributed by atoms with E-state index in [1.807, 2.05) is 0 Å². The van der Waals surface area contributed by atoms with Crippen molar-refractivity contribution in [1.82, 2.24) is 9.78 Å². The summed E-state index contributed by atoms with van der Waals surface area (Å²) in [4.78, 5) is 11.3. The molecule has 17 heavy (non-hydrogen) atoms. The lowest BCUT2D eigenvalue weighted by Crippen LogP contribution is -2.05. The van der Waals surface area contributed by atoms with Crippen LogP contribution in [0, 0.1) is 0 Å². The van der Waals surface area contributed by atoms with Gasteiger partial charge in [0.15, 0.2) is 5.69 Å². The Labute approximate surface area is 103 Å². The first-order chi connectivity index (χ1) is 8.13. The third kappa shape index (κ3) is 2.09. The van der Waals surface area contributed by atoms with Crippen LogP contribution in [0.1, 0.15) is 10.5 Å². The molecule has 2 aromatic rings. The maximum Gasteiger partial charge on any atom is 0.358 e. The smallest absolute Gasteiger partial charge is 0.358 e. The Morgan fingerprint density at radius 2 is 2.18 bits per heavy atom. The van der Waals surface area contributed by atoms with Crippen molar-refractivity contribution in [2.24, 2.45) is 0 Å². The fourth-order valence-corrected chi connectivity index (χ4v) is 1.63. The molecule has 1 heterocycles. The Kier molecular flexibility index (Phi) is 3.01. The average Bonchev–Trinajstić information content (AvgIpc) is 2.71. The number of esters is 1. The van der Waals surface area contributed by atoms with Gasteiger partial charge in [0.05, 0.1) is 17.8 Å². The molecule has 0 atom stereocenters. The predicted molar refractivity (Wildman–Crippen MR) is 64.3 cm³/mol. The van der Waals surface area contributed by atoms with Crippen molar-refractivity contribution in [3.05, 3.63) is 41.0 Å². The molecule has 0 spiro atoms. The van der Waals surface area contributed by atoms with Gasteiger partial charge in [-0.2, -0.15) is 5.10 Å². The molecule has 0 unspecified atom stereocenters. The van der Waals surface area contributed by atoms with Crippen LogP contribution in [-0.4, -0.2) is 22.9 Å². The molecular weight excluding hydrogens is 242 g/mol. The molecule has 6 heteroatoms. The molecule has 1 aromatic carbocycles. The highest BCUT2D eigenvalue weighted by molar-refractivity contribution is 6.32. The summed E-state index contributed by atoms with van der Waals surface area (Å²) in [5, 5.41) is 4.54. The van der Waals surface area contributed by atoms with Gasteiger partial charge in [-0.3, -0.25) is 0 Å². The van der Waals surface area contributed by atoms with Crippen LogP contribution < -0.4 is 5.73 Å². The van der Waals surface area contributed by atoms with Crippen LogP contribution in [0.3, 0.4) is 0 Å². The molecule has 0 saturated carbocycles. The summed E-state index contributed by atoms with van der Waals surface area (Å²) in [5.41, 5.74) is 6.53. The van der Waals surface area contributed by atoms with Crippen molar-refractivity contribution >= 4 is 23.4 Å². The maximum atomic E-state index is 11.3. The predicted octanol–water partition coefficient (Wildman–Crippen LogP) is 1.89. The first-order valence-electron chi connectivity index (χ1n) is 4.82. The van der Waals surface area contributed by atoms with E-state index in [4.69, 9.17) is 17.3 Å². The number of anilines is 1. The number of ether oxygens (including phenoxy) is 1. The van der Waals surface area contributed by atoms with E-state index in [9.17, 15) is 4.79 Å². The van der Waals surface area contributed by atoms with Gasteiger partial charge < -0.3 is 10.5 Å². The molecule has 0 fully saturated rings. The van der Waals surface area contributed by atoms with E-state index >= 15 is 0 Å². The van der Waals surface area contributed by atoms with Gasteiger partial charge >= 0.3 is 5.97 Å². The van der Waals surface area contributed by atoms with Crippen molar-refractivity contribution in [3.63, 3.8) is 0 Å². The molecule has 88 valence electrons. The molecule has 0 bridgehead atoms. The second-order valence-corrected chi connectivity index (χ2v) is 3.72. The van der Waals surface area contributed by atoms with Crippen LogP contribution in [0.5, 0.6) is 0 Å². The molecule has 1 aromatic heterocycles. The highest BCUT2D eigenvalue weighted by atomic mass is 35.5. The molecule has 2 N–H and O–H groups in total. The minimum atomic E-state index is -0.539. The zero-order valence-corrected chi connectivity index (χ0v) is 9.81. The van der Waals surface area contributed by atoms with E-state index < -0.39 is 5.97 Å². The number of nitrogen functional groups attached to an aromatic ring is 1. The molecule has 0 aliphatic carbocycles. The summed E-state index contributed by atoms with van der Waals surface area (Å²) in [6, 6.07) is 8.52. The van der Waals surface area contributed by atoms with E-state index in [0.717, 1.165) is 0 Å². The molecule has 5 nitrogen and oxygen atoms in total. The molecular formula is C11H10ClN3O2. The number of rotatable bonds is 2. The standard InChI is InChI=1S/C11H10ClN3O2/c1-17-11(16)8-6-10(13)15(14-8)9-5-3-2-4-7(9)12/h2-6H,13H2,1H3. The summed E-state index contributed by atoms with van der Waals surface area (Å²) in [7, 11) is 1.28. The van der Waals surface area contributed by atoms with Crippen LogP contribution in [0.25, 0.3) is 5.69 Å². The van der Waals surface area contributed by atoms with Crippen molar-refractivity contribution in [1.29, 1.82) is 0 Å². The maximum absolute atomic E-state index is 11.3. The summed E-state index contributed by atoms with van der Waals surface area (Å²) in [6.45, 7) is 0. The molecule has 2 rings (SSSR count). The average molecular weight is 252 g/mol. The van der Waals surface area contributed by atoms with E-state index in [2.05, 4.69) is 9.84 Å². The molecule has 0 saturated heterocycles. The van der Waals surface area contributed by atoms with Crippen LogP contribution in [-0.2, 0) is 4.74 Å². The first kappa shape index (κ1) is 11.5. The second-order valence-electron chi connectivity index (χ2n) is 3.31. The summed E-state index contributed by atoms with van der Waals surface area (Å²) in [6.07, 6.45) is 0. The largest absolute Gasteiger partial charge is 0.464 e. The van der Waals surface area contributed by atoms with Crippen LogP contribution >= 0.6 is 11.6 Å². The quantitative estimate of drug-likeness (QED) is 0.828. The number of benzene rings is 1. The Morgan fingerprint density at radius 1 is 1.47 bits per heavy atom. The monoisotopic (exact) mass is 251 g/mol. The lowest BCUT2D eigenvalue weighted by molar-refractivity contribution is 0.0593. The number of carbonyl (C=O) groups is 1. The lowest BCUT2D eigenvalue weighted by atomic mass is 10.3. The van der Waals surface area contributed by atoms with E-state index in [1.165, 1.54) is 17.9 Å². The lowest BCUT2D eigenvalue weighted by Gasteiger charge is -2.05. The number of para-hydroxylation sites is 1. The van der Waals surface area contributed by atoms with Gasteiger partial charge in [0.2, 0.25) is 0 Å². The fraction of sp³-hybridized carbons (Fsp3) is 0.0909. The molecule has 0 amide bonds. The van der Waals surface area contributed by atoms with Crippen LogP contribution in [0.2, 0.25) is 5.02 Å². The Balaban J connectivity index is 2.50. The third-order valence-corrected chi connectivity index (χ3v) is 2.53. The van der Waals surface area contributed by atoms with Crippen molar-refractivity contribution in [2.75, 3.05) is 12.8 Å². The zero-order chi connectivity index (χ0) is 12.4. The van der Waals surface area contributed by atoms with E-state index in [1.54, 1.807) is 24.3 Å². The van der Waals surface area contributed by atoms with Gasteiger partial charge in [-0.1, -0.05) is 23.7 Å². The topological polar surface area (TPSA) is 70.1 Å². The van der Waals surface area contributed by atoms with Crippen molar-refractivity contribution < 1.29 is 9.53 Å². The summed E-state index contributed by atoms with van der Waals surface area (Å²) < 4.78 is 5.96. The van der Waals surface area contributed by atoms with Gasteiger partial charge in [0.25, 0.3) is 0 Å². The Bertz CT molecular complexity index is 566. The summed E-state index contributed by atoms with van der Waals surface area (Å²) in [5.74, 6) is -0.221. The number of methoxy groups -OCH3 is 1. The van der Waals surface area contributed by atoms with Crippen molar-refractivity contribution in [2.45, 2.75) is 0 Å². The van der Waals surface area contributed by atoms with E-state index in [-0.39, 0.29) is 5.69 Å². The van der Waals surface area contributed by atoms with Crippen LogP contribution in [0.15, 0.2) is 30.3 Å². The zero-order valence-electron chi connectivity index (χ0n) is 9.05.